The lowest BCUT2D eigenvalue weighted by molar-refractivity contribution is 0.163. The molecule has 0 heterocycles. The summed E-state index contributed by atoms with van der Waals surface area (Å²) in [6, 6.07) is 8.43. The van der Waals surface area contributed by atoms with Crippen molar-refractivity contribution in [3.8, 4) is 0 Å². The van der Waals surface area contributed by atoms with Crippen LogP contribution in [0.1, 0.15) is 18.1 Å². The monoisotopic (exact) mass is 223 g/mol. The molecule has 1 atom stereocenters. The van der Waals surface area contributed by atoms with E-state index in [-0.39, 0.29) is 25.3 Å². The zero-order valence-corrected chi connectivity index (χ0v) is 9.98. The second-order valence-corrected chi connectivity index (χ2v) is 4.32. The Hall–Kier alpha value is -0.900. The van der Waals surface area contributed by atoms with Gasteiger partial charge in [-0.1, -0.05) is 29.8 Å². The van der Waals surface area contributed by atoms with Crippen LogP contribution in [0.25, 0.3) is 0 Å². The number of rotatable bonds is 6. The van der Waals surface area contributed by atoms with Crippen molar-refractivity contribution in [3.05, 3.63) is 35.4 Å². The SMILES string of the molecule is Cc1ccc(CC(C)NC(CO)CO)cc1. The molecule has 3 N–H and O–H groups in total. The molecule has 0 saturated carbocycles. The summed E-state index contributed by atoms with van der Waals surface area (Å²) < 4.78 is 0. The van der Waals surface area contributed by atoms with Gasteiger partial charge >= 0.3 is 0 Å². The highest BCUT2D eigenvalue weighted by atomic mass is 16.3. The van der Waals surface area contributed by atoms with Crippen LogP contribution in [0.5, 0.6) is 0 Å². The van der Waals surface area contributed by atoms with Crippen molar-refractivity contribution >= 4 is 0 Å². The summed E-state index contributed by atoms with van der Waals surface area (Å²) in [4.78, 5) is 0. The van der Waals surface area contributed by atoms with Gasteiger partial charge in [-0.3, -0.25) is 0 Å². The maximum absolute atomic E-state index is 8.95. The maximum atomic E-state index is 8.95. The molecule has 0 spiro atoms. The van der Waals surface area contributed by atoms with Crippen molar-refractivity contribution in [3.63, 3.8) is 0 Å². The van der Waals surface area contributed by atoms with Crippen molar-refractivity contribution in [2.24, 2.45) is 0 Å². The topological polar surface area (TPSA) is 52.5 Å². The van der Waals surface area contributed by atoms with Gasteiger partial charge in [0.2, 0.25) is 0 Å². The van der Waals surface area contributed by atoms with Crippen LogP contribution in [0.15, 0.2) is 24.3 Å². The summed E-state index contributed by atoms with van der Waals surface area (Å²) in [6.07, 6.45) is 0.900. The van der Waals surface area contributed by atoms with Gasteiger partial charge < -0.3 is 15.5 Å². The van der Waals surface area contributed by atoms with Crippen LogP contribution in [-0.4, -0.2) is 35.5 Å². The smallest absolute Gasteiger partial charge is 0.0607 e. The second kappa shape index (κ2) is 6.63. The molecule has 0 fully saturated rings. The second-order valence-electron chi connectivity index (χ2n) is 4.32. The van der Waals surface area contributed by atoms with E-state index in [9.17, 15) is 0 Å². The van der Waals surface area contributed by atoms with Crippen molar-refractivity contribution < 1.29 is 10.2 Å². The molecule has 0 aliphatic rings. The van der Waals surface area contributed by atoms with E-state index in [0.29, 0.717) is 0 Å². The molecule has 1 aromatic rings. The van der Waals surface area contributed by atoms with Crippen molar-refractivity contribution in [1.82, 2.24) is 5.32 Å². The molecule has 0 amide bonds. The molecule has 16 heavy (non-hydrogen) atoms. The van der Waals surface area contributed by atoms with E-state index in [4.69, 9.17) is 10.2 Å². The molecule has 0 aliphatic heterocycles. The predicted molar refractivity (Wildman–Crippen MR) is 65.4 cm³/mol. The molecular weight excluding hydrogens is 202 g/mol. The van der Waals surface area contributed by atoms with Crippen LogP contribution in [0.4, 0.5) is 0 Å². The predicted octanol–water partition coefficient (Wildman–Crippen LogP) is 0.869. The molecule has 3 nitrogen and oxygen atoms in total. The van der Waals surface area contributed by atoms with Crippen molar-refractivity contribution in [2.75, 3.05) is 13.2 Å². The molecule has 1 unspecified atom stereocenters. The fourth-order valence-corrected chi connectivity index (χ4v) is 1.70. The number of aliphatic hydroxyl groups excluding tert-OH is 2. The molecule has 0 saturated heterocycles. The highest BCUT2D eigenvalue weighted by molar-refractivity contribution is 5.21. The van der Waals surface area contributed by atoms with Crippen LogP contribution in [-0.2, 0) is 6.42 Å². The van der Waals surface area contributed by atoms with E-state index in [0.717, 1.165) is 6.42 Å². The van der Waals surface area contributed by atoms with E-state index in [1.807, 2.05) is 0 Å². The van der Waals surface area contributed by atoms with Crippen LogP contribution in [0.2, 0.25) is 0 Å². The highest BCUT2D eigenvalue weighted by Crippen LogP contribution is 2.06. The summed E-state index contributed by atoms with van der Waals surface area (Å²) >= 11 is 0. The van der Waals surface area contributed by atoms with Gasteiger partial charge in [0.15, 0.2) is 0 Å². The standard InChI is InChI=1S/C13H21NO2/c1-10-3-5-12(6-4-10)7-11(2)14-13(8-15)9-16/h3-6,11,13-16H,7-9H2,1-2H3. The Labute approximate surface area is 97.1 Å². The molecule has 0 radical (unpaired) electrons. The molecule has 0 aromatic heterocycles. The maximum Gasteiger partial charge on any atom is 0.0607 e. The number of aliphatic hydroxyl groups is 2. The lowest BCUT2D eigenvalue weighted by Crippen LogP contribution is -2.42. The van der Waals surface area contributed by atoms with Gasteiger partial charge in [-0.2, -0.15) is 0 Å². The number of aryl methyl sites for hydroxylation is 1. The van der Waals surface area contributed by atoms with Gasteiger partial charge in [-0.15, -0.1) is 0 Å². The average Bonchev–Trinajstić information content (AvgIpc) is 2.29. The number of benzene rings is 1. The van der Waals surface area contributed by atoms with E-state index in [2.05, 4.69) is 43.4 Å². The van der Waals surface area contributed by atoms with Gasteiger partial charge in [-0.05, 0) is 25.8 Å². The van der Waals surface area contributed by atoms with E-state index >= 15 is 0 Å². The first-order chi connectivity index (χ1) is 7.65. The Morgan fingerprint density at radius 3 is 2.19 bits per heavy atom. The summed E-state index contributed by atoms with van der Waals surface area (Å²) in [6.45, 7) is 4.06. The fourth-order valence-electron chi connectivity index (χ4n) is 1.70. The quantitative estimate of drug-likeness (QED) is 0.670. The van der Waals surface area contributed by atoms with E-state index in [1.54, 1.807) is 0 Å². The summed E-state index contributed by atoms with van der Waals surface area (Å²) in [5.74, 6) is 0. The minimum atomic E-state index is -0.222. The van der Waals surface area contributed by atoms with Gasteiger partial charge in [0.1, 0.15) is 0 Å². The first-order valence-corrected chi connectivity index (χ1v) is 5.69. The lowest BCUT2D eigenvalue weighted by Gasteiger charge is -2.20. The number of nitrogens with one attached hydrogen (secondary N) is 1. The zero-order valence-electron chi connectivity index (χ0n) is 9.98. The molecule has 90 valence electrons. The Morgan fingerprint density at radius 1 is 1.12 bits per heavy atom. The number of hydrogen-bond acceptors (Lipinski definition) is 3. The minimum absolute atomic E-state index is 0.0330. The Kier molecular flexibility index (Phi) is 5.46. The zero-order chi connectivity index (χ0) is 12.0. The van der Waals surface area contributed by atoms with Crippen LogP contribution in [0, 0.1) is 6.92 Å². The van der Waals surface area contributed by atoms with Crippen LogP contribution in [0.3, 0.4) is 0 Å². The minimum Gasteiger partial charge on any atom is -0.395 e. The largest absolute Gasteiger partial charge is 0.395 e. The van der Waals surface area contributed by atoms with Crippen LogP contribution < -0.4 is 5.32 Å². The first-order valence-electron chi connectivity index (χ1n) is 5.69. The first kappa shape index (κ1) is 13.2. The van der Waals surface area contributed by atoms with E-state index in [1.165, 1.54) is 11.1 Å². The third-order valence-corrected chi connectivity index (χ3v) is 2.62. The normalized spacial score (nSPS) is 13.1. The lowest BCUT2D eigenvalue weighted by atomic mass is 10.0. The van der Waals surface area contributed by atoms with E-state index < -0.39 is 0 Å². The van der Waals surface area contributed by atoms with Gasteiger partial charge in [0.05, 0.1) is 19.3 Å². The average molecular weight is 223 g/mol. The van der Waals surface area contributed by atoms with Crippen molar-refractivity contribution in [2.45, 2.75) is 32.4 Å². The van der Waals surface area contributed by atoms with Gasteiger partial charge in [-0.25, -0.2) is 0 Å². The fraction of sp³-hybridized carbons (Fsp3) is 0.538. The third kappa shape index (κ3) is 4.31. The summed E-state index contributed by atoms with van der Waals surface area (Å²) in [5, 5.41) is 21.1. The Bertz CT molecular complexity index is 293. The Morgan fingerprint density at radius 2 is 1.69 bits per heavy atom. The molecule has 3 heteroatoms. The Balaban J connectivity index is 2.44. The van der Waals surface area contributed by atoms with Crippen molar-refractivity contribution in [1.29, 1.82) is 0 Å². The van der Waals surface area contributed by atoms with Crippen LogP contribution >= 0.6 is 0 Å². The number of hydrogen-bond donors (Lipinski definition) is 3. The summed E-state index contributed by atoms with van der Waals surface area (Å²) in [5.41, 5.74) is 2.52. The molecule has 1 rings (SSSR count). The molecule has 1 aromatic carbocycles. The molecule has 0 aliphatic carbocycles. The molecular formula is C13H21NO2. The van der Waals surface area contributed by atoms with Gasteiger partial charge in [0, 0.05) is 6.04 Å². The summed E-state index contributed by atoms with van der Waals surface area (Å²) in [7, 11) is 0. The van der Waals surface area contributed by atoms with Gasteiger partial charge in [0.25, 0.3) is 0 Å². The third-order valence-electron chi connectivity index (χ3n) is 2.62. The molecule has 0 bridgehead atoms. The highest BCUT2D eigenvalue weighted by Gasteiger charge is 2.10.